The molecule has 32 heavy (non-hydrogen) atoms. The largest absolute Gasteiger partial charge is 0.481 e. The molecule has 0 saturated carbocycles. The number of hydrogen-bond donors (Lipinski definition) is 4. The lowest BCUT2D eigenvalue weighted by molar-refractivity contribution is -0.227. The molecule has 0 unspecified atom stereocenters. The lowest BCUT2D eigenvalue weighted by atomic mass is 10.1. The van der Waals surface area contributed by atoms with Crippen molar-refractivity contribution in [1.82, 2.24) is 10.4 Å². The van der Waals surface area contributed by atoms with Gasteiger partial charge in [0.2, 0.25) is 5.91 Å². The smallest absolute Gasteiger partial charge is 0.306 e. The molecule has 0 saturated heterocycles. The van der Waals surface area contributed by atoms with Crippen LogP contribution in [0.15, 0.2) is 34.5 Å². The molecule has 1 amide bonds. The predicted octanol–water partition coefficient (Wildman–Crippen LogP) is 2.47. The zero-order valence-corrected chi connectivity index (χ0v) is 20.6. The van der Waals surface area contributed by atoms with Crippen molar-refractivity contribution in [3.63, 3.8) is 0 Å². The average molecular weight is 453 g/mol. The van der Waals surface area contributed by atoms with E-state index in [1.165, 1.54) is 5.06 Å². The minimum atomic E-state index is -0.957. The van der Waals surface area contributed by atoms with Crippen molar-refractivity contribution in [2.24, 2.45) is 21.7 Å². The van der Waals surface area contributed by atoms with Crippen LogP contribution in [0, 0.1) is 0 Å². The number of hydrogen-bond acceptors (Lipinski definition) is 6. The standard InChI is InChI=1S/C18H28N6O4.2C2H6/c1-12(19)22-23-17(20)14-7-5-13(6-8-14)9-15(25)21-11-24(4)28-18(2,3)10-16(26)27;2*1-2/h5-8H,9-11H2,1-4H3,(H2,19,22)(H2,20,23)(H,21,25)(H,26,27);2*1-2H3. The molecule has 10 heteroatoms. The number of carboxylic acid groups (broad SMARTS) is 1. The summed E-state index contributed by atoms with van der Waals surface area (Å²) in [7, 11) is 1.62. The van der Waals surface area contributed by atoms with Gasteiger partial charge in [-0.2, -0.15) is 5.06 Å². The van der Waals surface area contributed by atoms with Gasteiger partial charge in [0.1, 0.15) is 5.84 Å². The van der Waals surface area contributed by atoms with E-state index < -0.39 is 11.6 Å². The van der Waals surface area contributed by atoms with Crippen molar-refractivity contribution in [3.05, 3.63) is 35.4 Å². The van der Waals surface area contributed by atoms with E-state index in [4.69, 9.17) is 21.4 Å². The van der Waals surface area contributed by atoms with Gasteiger partial charge < -0.3 is 21.9 Å². The van der Waals surface area contributed by atoms with Crippen LogP contribution in [0.4, 0.5) is 0 Å². The normalized spacial score (nSPS) is 11.7. The number of nitrogens with one attached hydrogen (secondary N) is 1. The SMILES string of the molecule is C/C(N)=N/N=C(\N)c1ccc(CC(=O)NCN(C)OC(C)(C)CC(=O)O)cc1.CC.CC. The maximum atomic E-state index is 12.1. The van der Waals surface area contributed by atoms with E-state index in [0.717, 1.165) is 5.56 Å². The molecule has 0 aromatic heterocycles. The molecule has 0 aliphatic heterocycles. The fraction of sp³-hybridized carbons (Fsp3) is 0.545. The van der Waals surface area contributed by atoms with E-state index in [2.05, 4.69) is 15.5 Å². The summed E-state index contributed by atoms with van der Waals surface area (Å²) in [5.74, 6) is -0.633. The summed E-state index contributed by atoms with van der Waals surface area (Å²) in [6, 6.07) is 7.03. The van der Waals surface area contributed by atoms with Gasteiger partial charge in [-0.1, -0.05) is 52.0 Å². The lowest BCUT2D eigenvalue weighted by Gasteiger charge is -2.29. The summed E-state index contributed by atoms with van der Waals surface area (Å²) in [4.78, 5) is 28.4. The van der Waals surface area contributed by atoms with E-state index in [1.54, 1.807) is 52.1 Å². The number of nitrogens with two attached hydrogens (primary N) is 2. The van der Waals surface area contributed by atoms with E-state index >= 15 is 0 Å². The van der Waals surface area contributed by atoms with Crippen LogP contribution in [-0.2, 0) is 20.8 Å². The number of carboxylic acids is 1. The van der Waals surface area contributed by atoms with Crippen LogP contribution in [0.2, 0.25) is 0 Å². The Morgan fingerprint density at radius 1 is 1.09 bits per heavy atom. The van der Waals surface area contributed by atoms with Crippen LogP contribution in [0.5, 0.6) is 0 Å². The number of amidine groups is 2. The number of benzene rings is 1. The maximum absolute atomic E-state index is 12.1. The predicted molar refractivity (Wildman–Crippen MR) is 129 cm³/mol. The number of carbonyl (C=O) groups is 2. The molecular formula is C22H40N6O4. The Morgan fingerprint density at radius 2 is 1.62 bits per heavy atom. The van der Waals surface area contributed by atoms with Crippen LogP contribution in [0.3, 0.4) is 0 Å². The summed E-state index contributed by atoms with van der Waals surface area (Å²) in [6.45, 7) is 13.1. The first-order valence-corrected chi connectivity index (χ1v) is 10.6. The highest BCUT2D eigenvalue weighted by Crippen LogP contribution is 2.15. The fourth-order valence-electron chi connectivity index (χ4n) is 2.28. The molecule has 0 aliphatic rings. The van der Waals surface area contributed by atoms with Gasteiger partial charge in [-0.3, -0.25) is 14.4 Å². The summed E-state index contributed by atoms with van der Waals surface area (Å²) < 4.78 is 0. The highest BCUT2D eigenvalue weighted by molar-refractivity contribution is 5.97. The first-order chi connectivity index (χ1) is 15.0. The zero-order valence-electron chi connectivity index (χ0n) is 20.6. The third-order valence-electron chi connectivity index (χ3n) is 3.41. The average Bonchev–Trinajstić information content (AvgIpc) is 2.72. The Balaban J connectivity index is 0. The molecule has 1 aromatic rings. The number of carbonyl (C=O) groups excluding carboxylic acids is 1. The topological polar surface area (TPSA) is 156 Å². The van der Waals surface area contributed by atoms with E-state index in [-0.39, 0.29) is 31.3 Å². The molecule has 0 heterocycles. The number of nitrogens with zero attached hydrogens (tertiary/aromatic N) is 3. The van der Waals surface area contributed by atoms with Gasteiger partial charge in [0, 0.05) is 12.6 Å². The van der Waals surface area contributed by atoms with Crippen molar-refractivity contribution >= 4 is 23.5 Å². The van der Waals surface area contributed by atoms with Crippen LogP contribution >= 0.6 is 0 Å². The molecular weight excluding hydrogens is 412 g/mol. The molecule has 0 spiro atoms. The summed E-state index contributed by atoms with van der Waals surface area (Å²) in [5.41, 5.74) is 11.8. The molecule has 0 aliphatic carbocycles. The second-order valence-corrected chi connectivity index (χ2v) is 6.91. The van der Waals surface area contributed by atoms with Gasteiger partial charge in [-0.05, 0) is 26.3 Å². The highest BCUT2D eigenvalue weighted by atomic mass is 16.7. The monoisotopic (exact) mass is 452 g/mol. The quantitative estimate of drug-likeness (QED) is 0.184. The van der Waals surface area contributed by atoms with E-state index in [1.807, 2.05) is 27.7 Å². The molecule has 182 valence electrons. The van der Waals surface area contributed by atoms with Crippen LogP contribution in [0.1, 0.15) is 66.0 Å². The van der Waals surface area contributed by atoms with Gasteiger partial charge in [-0.15, -0.1) is 10.2 Å². The van der Waals surface area contributed by atoms with Crippen molar-refractivity contribution in [1.29, 1.82) is 0 Å². The molecule has 0 fully saturated rings. The Kier molecular flexibility index (Phi) is 16.3. The Bertz CT molecular complexity index is 741. The second-order valence-electron chi connectivity index (χ2n) is 6.91. The molecule has 0 radical (unpaired) electrons. The molecule has 6 N–H and O–H groups in total. The van der Waals surface area contributed by atoms with Gasteiger partial charge in [-0.25, -0.2) is 0 Å². The molecule has 10 nitrogen and oxygen atoms in total. The molecule has 1 rings (SSSR count). The van der Waals surface area contributed by atoms with Gasteiger partial charge >= 0.3 is 5.97 Å². The van der Waals surface area contributed by atoms with Crippen molar-refractivity contribution in [2.75, 3.05) is 13.7 Å². The van der Waals surface area contributed by atoms with Gasteiger partial charge in [0.05, 0.1) is 25.1 Å². The van der Waals surface area contributed by atoms with Gasteiger partial charge in [0.15, 0.2) is 5.84 Å². The van der Waals surface area contributed by atoms with Crippen molar-refractivity contribution < 1.29 is 19.5 Å². The number of rotatable bonds is 10. The summed E-state index contributed by atoms with van der Waals surface area (Å²) >= 11 is 0. The minimum absolute atomic E-state index is 0.121. The number of amides is 1. The summed E-state index contributed by atoms with van der Waals surface area (Å²) in [5, 5.41) is 20.5. The van der Waals surface area contributed by atoms with E-state index in [0.29, 0.717) is 11.4 Å². The molecule has 1 aromatic carbocycles. The first kappa shape index (κ1) is 31.2. The zero-order chi connectivity index (χ0) is 25.3. The number of aliphatic carboxylic acids is 1. The minimum Gasteiger partial charge on any atom is -0.481 e. The third-order valence-corrected chi connectivity index (χ3v) is 3.41. The Labute approximate surface area is 191 Å². The third kappa shape index (κ3) is 14.9. The fourth-order valence-corrected chi connectivity index (χ4v) is 2.28. The molecule has 0 atom stereocenters. The Hall–Kier alpha value is -2.98. The van der Waals surface area contributed by atoms with Gasteiger partial charge in [0.25, 0.3) is 0 Å². The maximum Gasteiger partial charge on any atom is 0.306 e. The lowest BCUT2D eigenvalue weighted by Crippen LogP contribution is -2.42. The second kappa shape index (κ2) is 16.7. The van der Waals surface area contributed by atoms with Crippen LogP contribution in [-0.4, -0.2) is 53.0 Å². The summed E-state index contributed by atoms with van der Waals surface area (Å²) in [6.07, 6.45) is 0.0178. The van der Waals surface area contributed by atoms with E-state index in [9.17, 15) is 9.59 Å². The Morgan fingerprint density at radius 3 is 2.09 bits per heavy atom. The van der Waals surface area contributed by atoms with Crippen molar-refractivity contribution in [3.8, 4) is 0 Å². The first-order valence-electron chi connectivity index (χ1n) is 10.6. The van der Waals surface area contributed by atoms with Crippen LogP contribution in [0.25, 0.3) is 0 Å². The number of hydroxylamine groups is 2. The molecule has 0 bridgehead atoms. The van der Waals surface area contributed by atoms with Crippen LogP contribution < -0.4 is 16.8 Å². The van der Waals surface area contributed by atoms with Crippen molar-refractivity contribution in [2.45, 2.75) is 66.9 Å². The highest BCUT2D eigenvalue weighted by Gasteiger charge is 2.25.